The Bertz CT molecular complexity index is 895. The zero-order chi connectivity index (χ0) is 19.7. The number of carbonyl (C=O) groups is 3. The van der Waals surface area contributed by atoms with Crippen LogP contribution in [-0.4, -0.2) is 60.2 Å². The highest BCUT2D eigenvalue weighted by Crippen LogP contribution is 2.37. The molecule has 0 saturated carbocycles. The van der Waals surface area contributed by atoms with E-state index in [2.05, 4.69) is 10.1 Å². The van der Waals surface area contributed by atoms with Gasteiger partial charge in [0.05, 0.1) is 11.2 Å². The van der Waals surface area contributed by atoms with E-state index in [-0.39, 0.29) is 17.2 Å². The average Bonchev–Trinajstić information content (AvgIpc) is 2.65. The van der Waals surface area contributed by atoms with Crippen molar-refractivity contribution in [3.05, 3.63) is 47.1 Å². The second kappa shape index (κ2) is 7.23. The highest BCUT2D eigenvalue weighted by atomic mass is 32.2. The smallest absolute Gasteiger partial charge is 0.490 e. The van der Waals surface area contributed by atoms with Crippen LogP contribution in [0.15, 0.2) is 41.6 Å². The number of carboxylic acids is 1. The zero-order valence-corrected chi connectivity index (χ0v) is 14.8. The minimum Gasteiger partial charge on any atom is -0.604 e. The summed E-state index contributed by atoms with van der Waals surface area (Å²) in [6.45, 7) is 0.911. The summed E-state index contributed by atoms with van der Waals surface area (Å²) < 4.78 is 17.8. The molecule has 27 heavy (non-hydrogen) atoms. The Morgan fingerprint density at radius 3 is 2.67 bits per heavy atom. The van der Waals surface area contributed by atoms with E-state index in [0.717, 1.165) is 4.90 Å². The maximum Gasteiger partial charge on any atom is 0.490 e. The number of β-lactam (4-membered cyclic amide) rings is 1. The van der Waals surface area contributed by atoms with Crippen LogP contribution in [0.1, 0.15) is 6.92 Å². The van der Waals surface area contributed by atoms with Gasteiger partial charge in [0.15, 0.2) is 12.6 Å². The highest BCUT2D eigenvalue weighted by molar-refractivity contribution is 8.07. The number of hydrogen-bond donors (Lipinski definition) is 2. The summed E-state index contributed by atoms with van der Waals surface area (Å²) in [4.78, 5) is 39.6. The number of fused-ring (bicyclic) bond motifs is 1. The van der Waals surface area contributed by atoms with Crippen LogP contribution in [0.2, 0.25) is 0 Å². The third-order valence-electron chi connectivity index (χ3n) is 4.09. The molecular formula is C16H14N4O6S. The molecule has 0 aliphatic carbocycles. The number of nitrogens with one attached hydrogen (secondary N) is 1. The van der Waals surface area contributed by atoms with E-state index in [0.29, 0.717) is 5.75 Å². The van der Waals surface area contributed by atoms with Crippen LogP contribution in [0.25, 0.3) is 5.53 Å². The Morgan fingerprint density at radius 1 is 1.41 bits per heavy atom. The zero-order valence-electron chi connectivity index (χ0n) is 14.0. The number of benzene rings is 1. The van der Waals surface area contributed by atoms with E-state index in [4.69, 9.17) is 10.3 Å². The van der Waals surface area contributed by atoms with Crippen LogP contribution in [0.3, 0.4) is 0 Å². The third-order valence-corrected chi connectivity index (χ3v) is 5.78. The first-order chi connectivity index (χ1) is 12.9. The van der Waals surface area contributed by atoms with Gasteiger partial charge in [0.2, 0.25) is 5.37 Å². The Balaban J connectivity index is 1.74. The number of carboxylic acid groups (broad SMARTS) is 1. The van der Waals surface area contributed by atoms with Crippen molar-refractivity contribution in [3.8, 4) is 5.75 Å². The van der Waals surface area contributed by atoms with Gasteiger partial charge >= 0.3 is 11.0 Å². The van der Waals surface area contributed by atoms with Gasteiger partial charge in [-0.25, -0.2) is 4.79 Å². The van der Waals surface area contributed by atoms with E-state index in [1.54, 1.807) is 30.3 Å². The Kier molecular flexibility index (Phi) is 5.00. The molecule has 2 aliphatic rings. The molecule has 1 aromatic carbocycles. The van der Waals surface area contributed by atoms with Crippen LogP contribution in [-0.2, 0) is 25.6 Å². The van der Waals surface area contributed by atoms with Crippen molar-refractivity contribution in [2.24, 2.45) is 0 Å². The van der Waals surface area contributed by atoms with Crippen LogP contribution in [0.5, 0.6) is 5.75 Å². The number of carbonyl (C=O) groups excluding carboxylic acids is 2. The second-order valence-corrected chi connectivity index (χ2v) is 7.19. The number of aliphatic carboxylic acids is 1. The summed E-state index contributed by atoms with van der Waals surface area (Å²) in [5, 5.41) is 10.2. The molecule has 11 heteroatoms. The van der Waals surface area contributed by atoms with E-state index in [1.165, 1.54) is 6.92 Å². The van der Waals surface area contributed by atoms with Crippen molar-refractivity contribution in [1.29, 1.82) is 0 Å². The van der Waals surface area contributed by atoms with Crippen molar-refractivity contribution in [3.63, 3.8) is 0 Å². The molecule has 1 saturated heterocycles. The van der Waals surface area contributed by atoms with E-state index in [9.17, 15) is 24.0 Å². The first kappa shape index (κ1) is 18.6. The van der Waals surface area contributed by atoms with Crippen LogP contribution in [0, 0.1) is 0 Å². The Labute approximate surface area is 156 Å². The molecule has 10 nitrogen and oxygen atoms in total. The number of rotatable bonds is 5. The van der Waals surface area contributed by atoms with Crippen molar-refractivity contribution in [2.45, 2.75) is 18.3 Å². The van der Waals surface area contributed by atoms with E-state index in [1.807, 2.05) is 0 Å². The molecule has 1 aromatic rings. The molecule has 0 bridgehead atoms. The summed E-state index contributed by atoms with van der Waals surface area (Å²) in [5.74, 6) is -2.33. The molecule has 1 unspecified atom stereocenters. The van der Waals surface area contributed by atoms with Crippen molar-refractivity contribution in [1.82, 2.24) is 10.2 Å². The molecular weight excluding hydrogens is 376 g/mol. The molecule has 0 radical (unpaired) electrons. The predicted molar refractivity (Wildman–Crippen MR) is 91.6 cm³/mol. The van der Waals surface area contributed by atoms with E-state index < -0.39 is 46.1 Å². The number of nitrogens with zero attached hydrogens (tertiary/aromatic N) is 3. The lowest BCUT2D eigenvalue weighted by molar-refractivity contribution is -0.151. The standard InChI is InChI=1S/C16H14N4O6S/c1-8-12(16(23)24)20-14(22)11(15(20)27(25)13(8)19-17)18-10(21)7-26-9-5-3-2-4-6-9/h2-6,11,15H,7H2,1H3,(H,18,21)(H,23,24)/t11?,15-,27-/m0/s1. The molecule has 0 aromatic heterocycles. The third kappa shape index (κ3) is 3.19. The van der Waals surface area contributed by atoms with Gasteiger partial charge in [-0.3, -0.25) is 14.5 Å². The highest BCUT2D eigenvalue weighted by Gasteiger charge is 2.65. The molecule has 140 valence electrons. The number of para-hydroxylation sites is 1. The molecule has 0 spiro atoms. The van der Waals surface area contributed by atoms with Gasteiger partial charge in [0.1, 0.15) is 17.0 Å². The molecule has 2 N–H and O–H groups in total. The first-order valence-electron chi connectivity index (χ1n) is 7.74. The fraction of sp³-hybridized carbons (Fsp3) is 0.250. The lowest BCUT2D eigenvalue weighted by Gasteiger charge is -2.46. The Hall–Kier alpha value is -3.14. The van der Waals surface area contributed by atoms with Crippen LogP contribution in [0.4, 0.5) is 0 Å². The predicted octanol–water partition coefficient (Wildman–Crippen LogP) is -0.532. The normalized spacial score (nSPS) is 23.9. The van der Waals surface area contributed by atoms with Crippen molar-refractivity contribution >= 4 is 34.0 Å². The lowest BCUT2D eigenvalue weighted by atomic mass is 10.0. The summed E-state index contributed by atoms with van der Waals surface area (Å²) in [7, 11) is 0. The fourth-order valence-corrected chi connectivity index (χ4v) is 4.40. The molecule has 1 fully saturated rings. The lowest BCUT2D eigenvalue weighted by Crippen LogP contribution is -2.75. The Morgan fingerprint density at radius 2 is 2.07 bits per heavy atom. The van der Waals surface area contributed by atoms with Gasteiger partial charge in [0.25, 0.3) is 11.8 Å². The van der Waals surface area contributed by atoms with Gasteiger partial charge in [0, 0.05) is 0 Å². The summed E-state index contributed by atoms with van der Waals surface area (Å²) >= 11 is -2.01. The van der Waals surface area contributed by atoms with Crippen LogP contribution < -0.4 is 10.1 Å². The number of amides is 2. The largest absolute Gasteiger partial charge is 0.604 e. The van der Waals surface area contributed by atoms with Gasteiger partial charge < -0.3 is 25.2 Å². The molecule has 3 atom stereocenters. The average molecular weight is 390 g/mol. The van der Waals surface area contributed by atoms with Gasteiger partial charge in [-0.2, -0.15) is 0 Å². The molecule has 2 heterocycles. The molecule has 2 amide bonds. The maximum absolute atomic E-state index is 12.5. The van der Waals surface area contributed by atoms with E-state index >= 15 is 0 Å². The quantitative estimate of drug-likeness (QED) is 0.298. The second-order valence-electron chi connectivity index (χ2n) is 5.73. The maximum atomic E-state index is 12.5. The fourth-order valence-electron chi connectivity index (χ4n) is 2.86. The minimum atomic E-state index is -2.01. The number of hydrogen-bond acceptors (Lipinski definition) is 5. The number of ether oxygens (including phenoxy) is 1. The van der Waals surface area contributed by atoms with Gasteiger partial charge in [-0.1, -0.05) is 18.2 Å². The topological polar surface area (TPSA) is 155 Å². The summed E-state index contributed by atoms with van der Waals surface area (Å²) in [6, 6.07) is 7.32. The first-order valence-corrected chi connectivity index (χ1v) is 8.95. The van der Waals surface area contributed by atoms with Crippen LogP contribution >= 0.6 is 0 Å². The van der Waals surface area contributed by atoms with Gasteiger partial charge in [-0.15, -0.1) is 4.79 Å². The van der Waals surface area contributed by atoms with Crippen molar-refractivity contribution in [2.75, 3.05) is 6.61 Å². The SMILES string of the molecule is CC1=C(C(=O)O)N2C(=O)C(NC(=O)COc3ccccc3)[C@@H]2[S@@+]([O-])C1=[N+]=[N-]. The summed E-state index contributed by atoms with van der Waals surface area (Å²) in [6.07, 6.45) is 0. The molecule has 2 aliphatic heterocycles. The monoisotopic (exact) mass is 390 g/mol. The van der Waals surface area contributed by atoms with Crippen molar-refractivity contribution < 1.29 is 33.6 Å². The minimum absolute atomic E-state index is 0.0786. The van der Waals surface area contributed by atoms with Gasteiger partial charge in [-0.05, 0) is 19.1 Å². The molecule has 3 rings (SSSR count). The summed E-state index contributed by atoms with van der Waals surface area (Å²) in [5.41, 5.74) is 8.55.